The van der Waals surface area contributed by atoms with Crippen LogP contribution in [0.5, 0.6) is 5.75 Å². The minimum atomic E-state index is -3.58. The summed E-state index contributed by atoms with van der Waals surface area (Å²) in [5.74, 6) is 0.607. The third-order valence-electron chi connectivity index (χ3n) is 3.94. The van der Waals surface area contributed by atoms with E-state index in [0.717, 1.165) is 11.1 Å². The first kappa shape index (κ1) is 17.9. The van der Waals surface area contributed by atoms with E-state index in [9.17, 15) is 8.42 Å². The van der Waals surface area contributed by atoms with Crippen molar-refractivity contribution in [3.05, 3.63) is 90.3 Å². The second-order valence-electron chi connectivity index (χ2n) is 5.81. The molecule has 0 amide bonds. The molecule has 0 radical (unpaired) electrons. The Kier molecular flexibility index (Phi) is 5.53. The van der Waals surface area contributed by atoms with Gasteiger partial charge in [-0.25, -0.2) is 8.42 Å². The van der Waals surface area contributed by atoms with Gasteiger partial charge < -0.3 is 4.74 Å². The predicted octanol–water partition coefficient (Wildman–Crippen LogP) is 3.63. The Morgan fingerprint density at radius 3 is 2.23 bits per heavy atom. The maximum atomic E-state index is 13.1. The van der Waals surface area contributed by atoms with Gasteiger partial charge in [-0.05, 0) is 41.5 Å². The second kappa shape index (κ2) is 8.01. The Morgan fingerprint density at radius 2 is 1.62 bits per heavy atom. The fourth-order valence-corrected chi connectivity index (χ4v) is 4.18. The van der Waals surface area contributed by atoms with E-state index >= 15 is 0 Å². The summed E-state index contributed by atoms with van der Waals surface area (Å²) in [5, 5.41) is 0. The predicted molar refractivity (Wildman–Crippen MR) is 102 cm³/mol. The third-order valence-corrected chi connectivity index (χ3v) is 5.65. The quantitative estimate of drug-likeness (QED) is 0.639. The van der Waals surface area contributed by atoms with Crippen LogP contribution in [0, 0.1) is 0 Å². The fourth-order valence-electron chi connectivity index (χ4n) is 2.62. The van der Waals surface area contributed by atoms with Gasteiger partial charge in [0.2, 0.25) is 10.0 Å². The molecule has 2 aromatic carbocycles. The van der Waals surface area contributed by atoms with E-state index in [1.54, 1.807) is 49.8 Å². The molecule has 0 aliphatic carbocycles. The molecular formula is C20H20N2O3S. The van der Waals surface area contributed by atoms with Gasteiger partial charge in [0.1, 0.15) is 5.75 Å². The molecule has 134 valence electrons. The number of nitrogens with zero attached hydrogens (tertiary/aromatic N) is 2. The van der Waals surface area contributed by atoms with E-state index in [4.69, 9.17) is 4.74 Å². The first-order chi connectivity index (χ1) is 12.6. The minimum Gasteiger partial charge on any atom is -0.497 e. The molecule has 6 heteroatoms. The average Bonchev–Trinajstić information content (AvgIpc) is 2.67. The molecule has 0 aliphatic heterocycles. The van der Waals surface area contributed by atoms with Crippen LogP contribution >= 0.6 is 0 Å². The van der Waals surface area contributed by atoms with Crippen LogP contribution in [0.25, 0.3) is 0 Å². The lowest BCUT2D eigenvalue weighted by molar-refractivity contribution is 0.415. The van der Waals surface area contributed by atoms with Gasteiger partial charge in [0.25, 0.3) is 0 Å². The summed E-state index contributed by atoms with van der Waals surface area (Å²) in [6, 6.07) is 19.8. The Labute approximate surface area is 153 Å². The van der Waals surface area contributed by atoms with Crippen molar-refractivity contribution in [3.8, 4) is 5.75 Å². The highest BCUT2D eigenvalue weighted by atomic mass is 32.2. The minimum absolute atomic E-state index is 0.0693. The second-order valence-corrected chi connectivity index (χ2v) is 7.70. The molecule has 5 nitrogen and oxygen atoms in total. The van der Waals surface area contributed by atoms with E-state index < -0.39 is 10.0 Å². The molecular weight excluding hydrogens is 348 g/mol. The maximum Gasteiger partial charge on any atom is 0.239 e. The molecule has 0 atom stereocenters. The van der Waals surface area contributed by atoms with E-state index in [1.807, 2.05) is 36.4 Å². The van der Waals surface area contributed by atoms with Crippen LogP contribution in [0.4, 0.5) is 5.69 Å². The molecule has 1 heterocycles. The van der Waals surface area contributed by atoms with Crippen LogP contribution in [0.1, 0.15) is 11.1 Å². The number of aromatic nitrogens is 1. The zero-order valence-electron chi connectivity index (χ0n) is 14.4. The first-order valence-electron chi connectivity index (χ1n) is 8.16. The lowest BCUT2D eigenvalue weighted by Gasteiger charge is -2.25. The molecule has 0 unspecified atom stereocenters. The Morgan fingerprint density at radius 1 is 0.923 bits per heavy atom. The Bertz CT molecular complexity index is 928. The number of rotatable bonds is 7. The Balaban J connectivity index is 1.95. The molecule has 0 saturated heterocycles. The van der Waals surface area contributed by atoms with Gasteiger partial charge in [-0.3, -0.25) is 9.29 Å². The standard InChI is InChI=1S/C20H20N2O3S/c1-25-20-11-9-19(10-12-20)22(15-18-8-5-13-21-14-18)26(23,24)16-17-6-3-2-4-7-17/h2-14H,15-16H2,1H3. The van der Waals surface area contributed by atoms with Crippen molar-refractivity contribution in [1.82, 2.24) is 4.98 Å². The summed E-state index contributed by atoms with van der Waals surface area (Å²) in [5.41, 5.74) is 2.16. The van der Waals surface area contributed by atoms with Crippen molar-refractivity contribution in [1.29, 1.82) is 0 Å². The number of methoxy groups -OCH3 is 1. The summed E-state index contributed by atoms with van der Waals surface area (Å²) in [6.07, 6.45) is 3.34. The van der Waals surface area contributed by atoms with Crippen LogP contribution in [-0.2, 0) is 22.3 Å². The normalized spacial score (nSPS) is 11.1. The smallest absolute Gasteiger partial charge is 0.239 e. The summed E-state index contributed by atoms with van der Waals surface area (Å²) in [7, 11) is -2.00. The number of benzene rings is 2. The lowest BCUT2D eigenvalue weighted by Crippen LogP contribution is -2.31. The maximum absolute atomic E-state index is 13.1. The molecule has 3 aromatic rings. The monoisotopic (exact) mass is 368 g/mol. The number of pyridine rings is 1. The van der Waals surface area contributed by atoms with Gasteiger partial charge in [0.05, 0.1) is 25.1 Å². The molecule has 3 rings (SSSR count). The van der Waals surface area contributed by atoms with Gasteiger partial charge in [0, 0.05) is 12.4 Å². The molecule has 0 N–H and O–H groups in total. The molecule has 26 heavy (non-hydrogen) atoms. The van der Waals surface area contributed by atoms with Gasteiger partial charge in [-0.2, -0.15) is 0 Å². The zero-order valence-corrected chi connectivity index (χ0v) is 15.3. The Hall–Kier alpha value is -2.86. The lowest BCUT2D eigenvalue weighted by atomic mass is 10.2. The molecule has 0 saturated carbocycles. The van der Waals surface area contributed by atoms with Crippen LogP contribution in [0.15, 0.2) is 79.1 Å². The molecule has 0 aliphatic rings. The molecule has 0 spiro atoms. The van der Waals surface area contributed by atoms with Gasteiger partial charge in [-0.15, -0.1) is 0 Å². The van der Waals surface area contributed by atoms with Crippen LogP contribution in [-0.4, -0.2) is 20.5 Å². The van der Waals surface area contributed by atoms with Crippen molar-refractivity contribution in [2.45, 2.75) is 12.3 Å². The van der Waals surface area contributed by atoms with E-state index in [2.05, 4.69) is 4.98 Å². The fraction of sp³-hybridized carbons (Fsp3) is 0.150. The summed E-state index contributed by atoms with van der Waals surface area (Å²) < 4.78 is 32.9. The largest absolute Gasteiger partial charge is 0.497 e. The number of anilines is 1. The summed E-state index contributed by atoms with van der Waals surface area (Å²) in [6.45, 7) is 0.218. The van der Waals surface area contributed by atoms with Crippen molar-refractivity contribution < 1.29 is 13.2 Å². The molecule has 0 bridgehead atoms. The number of hydrogen-bond acceptors (Lipinski definition) is 4. The molecule has 1 aromatic heterocycles. The van der Waals surface area contributed by atoms with E-state index in [0.29, 0.717) is 11.4 Å². The van der Waals surface area contributed by atoms with Gasteiger partial charge in [0.15, 0.2) is 0 Å². The average molecular weight is 368 g/mol. The zero-order chi connectivity index (χ0) is 18.4. The number of hydrogen-bond donors (Lipinski definition) is 0. The number of sulfonamides is 1. The van der Waals surface area contributed by atoms with E-state index in [-0.39, 0.29) is 12.3 Å². The SMILES string of the molecule is COc1ccc(N(Cc2cccnc2)S(=O)(=O)Cc2ccccc2)cc1. The summed E-state index contributed by atoms with van der Waals surface area (Å²) in [4.78, 5) is 4.08. The van der Waals surface area contributed by atoms with Crippen LogP contribution in [0.2, 0.25) is 0 Å². The third kappa shape index (κ3) is 4.40. The summed E-state index contributed by atoms with van der Waals surface area (Å²) >= 11 is 0. The van der Waals surface area contributed by atoms with Crippen LogP contribution < -0.4 is 9.04 Å². The first-order valence-corrected chi connectivity index (χ1v) is 9.77. The highest BCUT2D eigenvalue weighted by Gasteiger charge is 2.23. The van der Waals surface area contributed by atoms with Crippen LogP contribution in [0.3, 0.4) is 0 Å². The number of ether oxygens (including phenoxy) is 1. The van der Waals surface area contributed by atoms with Crippen molar-refractivity contribution in [3.63, 3.8) is 0 Å². The van der Waals surface area contributed by atoms with Crippen molar-refractivity contribution in [2.75, 3.05) is 11.4 Å². The highest BCUT2D eigenvalue weighted by molar-refractivity contribution is 7.92. The van der Waals surface area contributed by atoms with Gasteiger partial charge in [-0.1, -0.05) is 36.4 Å². The topological polar surface area (TPSA) is 59.5 Å². The van der Waals surface area contributed by atoms with Crippen molar-refractivity contribution >= 4 is 15.7 Å². The van der Waals surface area contributed by atoms with Gasteiger partial charge >= 0.3 is 0 Å². The van der Waals surface area contributed by atoms with E-state index in [1.165, 1.54) is 4.31 Å². The van der Waals surface area contributed by atoms with Crippen molar-refractivity contribution in [2.24, 2.45) is 0 Å². The highest BCUT2D eigenvalue weighted by Crippen LogP contribution is 2.25. The molecule has 0 fully saturated rings.